The highest BCUT2D eigenvalue weighted by atomic mass is 15.1. The maximum atomic E-state index is 2.47. The smallest absolute Gasteiger partial charge is 0.0465 e. The van der Waals surface area contributed by atoms with Crippen LogP contribution >= 0.6 is 0 Å². The minimum absolute atomic E-state index is 0.0885. The van der Waals surface area contributed by atoms with Crippen molar-refractivity contribution in [3.63, 3.8) is 0 Å². The summed E-state index contributed by atoms with van der Waals surface area (Å²) >= 11 is 0. The number of benzene rings is 9. The second kappa shape index (κ2) is 18.0. The number of para-hydroxylation sites is 2. The first-order valence-corrected chi connectivity index (χ1v) is 24.7. The van der Waals surface area contributed by atoms with Gasteiger partial charge in [0.15, 0.2) is 0 Å². The lowest BCUT2D eigenvalue weighted by atomic mass is 9.61. The zero-order chi connectivity index (χ0) is 46.2. The number of hydrogen-bond acceptors (Lipinski definition) is 2. The number of anilines is 6. The third-order valence-electron chi connectivity index (χ3n) is 15.5. The van der Waals surface area contributed by atoms with E-state index in [0.29, 0.717) is 5.92 Å². The third kappa shape index (κ3) is 7.82. The highest BCUT2D eigenvalue weighted by molar-refractivity contribution is 5.94. The second-order valence-corrected chi connectivity index (χ2v) is 20.0. The monoisotopic (exact) mass is 880 g/mol. The first kappa shape index (κ1) is 43.2. The fraction of sp³-hybridized carbons (Fsp3) is 0.182. The number of rotatable bonds is 11. The average Bonchev–Trinajstić information content (AvgIpc) is 3.63. The molecule has 0 atom stereocenters. The Bertz CT molecular complexity index is 3090. The molecular formula is C66H60N2. The van der Waals surface area contributed by atoms with Gasteiger partial charge in [0, 0.05) is 45.0 Å². The number of nitrogens with zero attached hydrogens (tertiary/aromatic N) is 2. The van der Waals surface area contributed by atoms with E-state index in [1.54, 1.807) is 0 Å². The predicted octanol–water partition coefficient (Wildman–Crippen LogP) is 18.4. The van der Waals surface area contributed by atoms with Crippen LogP contribution in [0.15, 0.2) is 231 Å². The maximum Gasteiger partial charge on any atom is 0.0465 e. The van der Waals surface area contributed by atoms with Crippen molar-refractivity contribution < 1.29 is 0 Å². The van der Waals surface area contributed by atoms with Gasteiger partial charge in [-0.15, -0.1) is 0 Å². The SMILES string of the molecule is CC(C)C1CCC(c2ccc(N(c3ccccc3)c3ccccc3)cc2)(c2ccc(N(c3ccc(-c4ccccc4)cc3)c3ccc4c(c3)C(C)(C)c3cccc(-c5ccccc5)c3-4)cc2)CC1. The summed E-state index contributed by atoms with van der Waals surface area (Å²) in [4.78, 5) is 4.83. The van der Waals surface area contributed by atoms with Crippen LogP contribution in [0.4, 0.5) is 34.1 Å². The topological polar surface area (TPSA) is 6.48 Å². The quantitative estimate of drug-likeness (QED) is 0.128. The van der Waals surface area contributed by atoms with Gasteiger partial charge in [-0.1, -0.05) is 185 Å². The summed E-state index contributed by atoms with van der Waals surface area (Å²) < 4.78 is 0. The van der Waals surface area contributed by atoms with Crippen molar-refractivity contribution >= 4 is 34.1 Å². The summed E-state index contributed by atoms with van der Waals surface area (Å²) in [6.45, 7) is 9.60. The van der Waals surface area contributed by atoms with Crippen LogP contribution in [0.3, 0.4) is 0 Å². The molecule has 68 heavy (non-hydrogen) atoms. The fourth-order valence-electron chi connectivity index (χ4n) is 11.7. The van der Waals surface area contributed by atoms with Crippen LogP contribution in [0.5, 0.6) is 0 Å². The Morgan fingerprint density at radius 2 is 0.809 bits per heavy atom. The predicted molar refractivity (Wildman–Crippen MR) is 288 cm³/mol. The Labute approximate surface area is 404 Å². The molecule has 0 heterocycles. The van der Waals surface area contributed by atoms with E-state index in [1.165, 1.54) is 74.2 Å². The fourth-order valence-corrected chi connectivity index (χ4v) is 11.7. The number of fused-ring (bicyclic) bond motifs is 3. The molecule has 2 heteroatoms. The molecular weight excluding hydrogens is 821 g/mol. The van der Waals surface area contributed by atoms with Gasteiger partial charge in [0.1, 0.15) is 0 Å². The van der Waals surface area contributed by atoms with Crippen LogP contribution in [0.1, 0.15) is 75.6 Å². The molecule has 0 N–H and O–H groups in total. The minimum Gasteiger partial charge on any atom is -0.311 e. The lowest BCUT2D eigenvalue weighted by Gasteiger charge is -2.43. The van der Waals surface area contributed by atoms with Crippen molar-refractivity contribution in [2.75, 3.05) is 9.80 Å². The maximum absolute atomic E-state index is 2.47. The lowest BCUT2D eigenvalue weighted by molar-refractivity contribution is 0.217. The summed E-state index contributed by atoms with van der Waals surface area (Å²) in [5.74, 6) is 1.42. The van der Waals surface area contributed by atoms with Gasteiger partial charge in [-0.25, -0.2) is 0 Å². The third-order valence-corrected chi connectivity index (χ3v) is 15.5. The summed E-state index contributed by atoms with van der Waals surface area (Å²) in [6.07, 6.45) is 4.71. The zero-order valence-corrected chi connectivity index (χ0v) is 39.8. The second-order valence-electron chi connectivity index (χ2n) is 20.0. The Kier molecular flexibility index (Phi) is 11.4. The van der Waals surface area contributed by atoms with E-state index in [4.69, 9.17) is 0 Å². The summed E-state index contributed by atoms with van der Waals surface area (Å²) in [5.41, 5.74) is 19.9. The average molecular weight is 881 g/mol. The molecule has 334 valence electrons. The first-order valence-electron chi connectivity index (χ1n) is 24.7. The van der Waals surface area contributed by atoms with E-state index in [-0.39, 0.29) is 10.8 Å². The van der Waals surface area contributed by atoms with E-state index in [9.17, 15) is 0 Å². The van der Waals surface area contributed by atoms with Crippen LogP contribution in [-0.2, 0) is 10.8 Å². The molecule has 2 aliphatic carbocycles. The van der Waals surface area contributed by atoms with Crippen molar-refractivity contribution in [3.05, 3.63) is 253 Å². The molecule has 9 aromatic rings. The van der Waals surface area contributed by atoms with Gasteiger partial charge in [-0.05, 0) is 166 Å². The molecule has 9 aromatic carbocycles. The summed E-state index contributed by atoms with van der Waals surface area (Å²) in [5, 5.41) is 0. The van der Waals surface area contributed by atoms with Crippen LogP contribution in [0, 0.1) is 11.8 Å². The first-order chi connectivity index (χ1) is 33.3. The van der Waals surface area contributed by atoms with Gasteiger partial charge in [0.25, 0.3) is 0 Å². The van der Waals surface area contributed by atoms with Crippen molar-refractivity contribution in [1.29, 1.82) is 0 Å². The largest absolute Gasteiger partial charge is 0.311 e. The minimum atomic E-state index is -0.172. The van der Waals surface area contributed by atoms with Crippen molar-refractivity contribution in [2.24, 2.45) is 11.8 Å². The molecule has 0 saturated heterocycles. The van der Waals surface area contributed by atoms with Crippen LogP contribution in [0.25, 0.3) is 33.4 Å². The Hall–Kier alpha value is -7.42. The molecule has 0 aromatic heterocycles. The van der Waals surface area contributed by atoms with E-state index in [2.05, 4.69) is 268 Å². The van der Waals surface area contributed by atoms with Crippen LogP contribution < -0.4 is 9.80 Å². The Morgan fingerprint density at radius 3 is 1.32 bits per heavy atom. The molecule has 2 nitrogen and oxygen atoms in total. The molecule has 0 aliphatic heterocycles. The van der Waals surface area contributed by atoms with Crippen molar-refractivity contribution in [3.8, 4) is 33.4 Å². The van der Waals surface area contributed by atoms with Crippen molar-refractivity contribution in [1.82, 2.24) is 0 Å². The van der Waals surface area contributed by atoms with Gasteiger partial charge in [-0.2, -0.15) is 0 Å². The molecule has 11 rings (SSSR count). The standard InChI is InChI=1S/C66H60N2/c1-47(2)48-42-44-66(45-43-48,52-30-36-57(37-31-52)67(54-22-13-7-14-23-54)55-24-15-8-16-25-55)53-32-38-58(39-33-53)68(56-34-28-50(29-35-56)49-18-9-5-10-19-49)59-40-41-61-63(46-59)65(3,4)62-27-17-26-60(64(61)62)51-20-11-6-12-21-51/h5-41,46-48H,42-45H2,1-4H3. The van der Waals surface area contributed by atoms with Crippen molar-refractivity contribution in [2.45, 2.75) is 64.2 Å². The molecule has 0 amide bonds. The summed E-state index contributed by atoms with van der Waals surface area (Å²) in [7, 11) is 0. The van der Waals surface area contributed by atoms with Gasteiger partial charge < -0.3 is 9.80 Å². The molecule has 0 radical (unpaired) electrons. The van der Waals surface area contributed by atoms with Crippen LogP contribution in [0.2, 0.25) is 0 Å². The van der Waals surface area contributed by atoms with Gasteiger partial charge in [0.2, 0.25) is 0 Å². The highest BCUT2D eigenvalue weighted by Gasteiger charge is 2.40. The summed E-state index contributed by atoms with van der Waals surface area (Å²) in [6, 6.07) is 85.4. The Balaban J connectivity index is 0.997. The Morgan fingerprint density at radius 1 is 0.382 bits per heavy atom. The van der Waals surface area contributed by atoms with Gasteiger partial charge in [0.05, 0.1) is 0 Å². The molecule has 1 fully saturated rings. The van der Waals surface area contributed by atoms with E-state index in [1.807, 2.05) is 0 Å². The van der Waals surface area contributed by atoms with E-state index in [0.717, 1.165) is 47.2 Å². The zero-order valence-electron chi connectivity index (χ0n) is 39.8. The van der Waals surface area contributed by atoms with Crippen LogP contribution in [-0.4, -0.2) is 0 Å². The molecule has 2 aliphatic rings. The van der Waals surface area contributed by atoms with Gasteiger partial charge >= 0.3 is 0 Å². The molecule has 0 bridgehead atoms. The molecule has 1 saturated carbocycles. The molecule has 0 unspecified atom stereocenters. The lowest BCUT2D eigenvalue weighted by Crippen LogP contribution is -2.34. The normalized spacial score (nSPS) is 17.0. The van der Waals surface area contributed by atoms with E-state index < -0.39 is 0 Å². The number of hydrogen-bond donors (Lipinski definition) is 0. The highest BCUT2D eigenvalue weighted by Crippen LogP contribution is 2.54. The van der Waals surface area contributed by atoms with E-state index >= 15 is 0 Å². The molecule has 0 spiro atoms. The van der Waals surface area contributed by atoms with Gasteiger partial charge in [-0.3, -0.25) is 0 Å².